The van der Waals surface area contributed by atoms with Crippen molar-refractivity contribution in [2.45, 2.75) is 17.7 Å². The van der Waals surface area contributed by atoms with Gasteiger partial charge in [0.1, 0.15) is 11.8 Å². The smallest absolute Gasteiger partial charge is 0.327 e. The zero-order valence-corrected chi connectivity index (χ0v) is 9.82. The molecule has 0 aromatic heterocycles. The van der Waals surface area contributed by atoms with Crippen molar-refractivity contribution in [1.29, 1.82) is 0 Å². The first kappa shape index (κ1) is 13.3. The van der Waals surface area contributed by atoms with Gasteiger partial charge in [0.05, 0.1) is 0 Å². The van der Waals surface area contributed by atoms with Gasteiger partial charge < -0.3 is 10.0 Å². The number of amides is 1. The van der Waals surface area contributed by atoms with Crippen molar-refractivity contribution in [2.75, 3.05) is 12.3 Å². The third kappa shape index (κ3) is 3.35. The molecule has 1 heterocycles. The Morgan fingerprint density at radius 2 is 2.19 bits per heavy atom. The van der Waals surface area contributed by atoms with E-state index in [1.54, 1.807) is 0 Å². The zero-order chi connectivity index (χ0) is 12.5. The van der Waals surface area contributed by atoms with Crippen molar-refractivity contribution in [1.82, 2.24) is 4.90 Å². The minimum Gasteiger partial charge on any atom is -0.480 e. The minimum absolute atomic E-state index is 0.0639. The van der Waals surface area contributed by atoms with Gasteiger partial charge in [0, 0.05) is 18.2 Å². The predicted octanol–water partition coefficient (Wildman–Crippen LogP) is -1.14. The number of carboxylic acid groups (broad SMARTS) is 1. The molecule has 2 atom stereocenters. The van der Waals surface area contributed by atoms with Crippen LogP contribution in [0.1, 0.15) is 6.42 Å². The number of carbonyl (C=O) groups excluding carboxylic acids is 1. The Balaban J connectivity index is 2.87. The number of rotatable bonds is 4. The van der Waals surface area contributed by atoms with Crippen molar-refractivity contribution in [3.8, 4) is 0 Å². The maximum atomic E-state index is 11.4. The Kier molecular flexibility index (Phi) is 3.81. The second-order valence-electron chi connectivity index (χ2n) is 3.51. The van der Waals surface area contributed by atoms with Crippen LogP contribution in [0.3, 0.4) is 0 Å². The van der Waals surface area contributed by atoms with Gasteiger partial charge in [0.2, 0.25) is 5.91 Å². The summed E-state index contributed by atoms with van der Waals surface area (Å²) in [6.07, 6.45) is 0.0678. The molecule has 1 fully saturated rings. The van der Waals surface area contributed by atoms with E-state index < -0.39 is 33.8 Å². The molecular weight excluding hydrogens is 258 g/mol. The summed E-state index contributed by atoms with van der Waals surface area (Å²) in [5, 5.41) is 8.50. The number of carbonyl (C=O) groups is 2. The van der Waals surface area contributed by atoms with Crippen molar-refractivity contribution < 1.29 is 27.7 Å². The first-order valence-electron chi connectivity index (χ1n) is 4.36. The molecule has 1 rings (SSSR count). The van der Waals surface area contributed by atoms with Gasteiger partial charge >= 0.3 is 5.97 Å². The van der Waals surface area contributed by atoms with Gasteiger partial charge in [-0.25, -0.2) is 4.79 Å². The van der Waals surface area contributed by atoms with Crippen molar-refractivity contribution in [3.63, 3.8) is 0 Å². The lowest BCUT2D eigenvalue weighted by molar-refractivity contribution is -0.147. The molecule has 2 N–H and O–H groups in total. The summed E-state index contributed by atoms with van der Waals surface area (Å²) in [6.45, 7) is 0.0639. The predicted molar refractivity (Wildman–Crippen MR) is 56.9 cm³/mol. The van der Waals surface area contributed by atoms with Crippen LogP contribution in [0.5, 0.6) is 0 Å². The highest BCUT2D eigenvalue weighted by Gasteiger charge is 2.38. The quantitative estimate of drug-likeness (QED) is 0.439. The molecule has 0 aromatic rings. The number of carboxylic acids is 1. The van der Waals surface area contributed by atoms with Crippen LogP contribution in [0.4, 0.5) is 0 Å². The SMILES string of the molecule is O=C(O)C(CS(=O)(=O)O)N1CC(S)CC1=O. The number of aliphatic carboxylic acids is 1. The molecule has 1 amide bonds. The summed E-state index contributed by atoms with van der Waals surface area (Å²) in [6, 6.07) is -1.56. The normalized spacial score (nSPS) is 23.5. The number of hydrogen-bond donors (Lipinski definition) is 3. The number of likely N-dealkylation sites (tertiary alicyclic amines) is 1. The van der Waals surface area contributed by atoms with E-state index >= 15 is 0 Å². The summed E-state index contributed by atoms with van der Waals surface area (Å²) in [5.41, 5.74) is 0. The van der Waals surface area contributed by atoms with Crippen LogP contribution in [0.25, 0.3) is 0 Å². The molecule has 0 radical (unpaired) electrons. The molecule has 0 aliphatic carbocycles. The largest absolute Gasteiger partial charge is 0.480 e. The second-order valence-corrected chi connectivity index (χ2v) is 5.73. The first-order chi connectivity index (χ1) is 7.20. The van der Waals surface area contributed by atoms with Crippen LogP contribution < -0.4 is 0 Å². The number of hydrogen-bond acceptors (Lipinski definition) is 5. The van der Waals surface area contributed by atoms with E-state index in [4.69, 9.17) is 9.66 Å². The Morgan fingerprint density at radius 3 is 2.50 bits per heavy atom. The Labute approximate surface area is 97.6 Å². The third-order valence-corrected chi connectivity index (χ3v) is 3.25. The standard InChI is InChI=1S/C7H11NO6S2/c9-6-1-4(15)2-8(6)5(7(10)11)3-16(12,13)14/h4-5,15H,1-3H2,(H,10,11)(H,12,13,14). The zero-order valence-electron chi connectivity index (χ0n) is 8.11. The fourth-order valence-corrected chi connectivity index (χ4v) is 2.56. The van der Waals surface area contributed by atoms with E-state index in [0.717, 1.165) is 4.90 Å². The fraction of sp³-hybridized carbons (Fsp3) is 0.714. The molecule has 0 aromatic carbocycles. The lowest BCUT2D eigenvalue weighted by Gasteiger charge is -2.23. The maximum Gasteiger partial charge on any atom is 0.327 e. The molecule has 0 bridgehead atoms. The van der Waals surface area contributed by atoms with Crippen LogP contribution in [0, 0.1) is 0 Å². The van der Waals surface area contributed by atoms with Gasteiger partial charge in [0.25, 0.3) is 10.1 Å². The van der Waals surface area contributed by atoms with E-state index in [-0.39, 0.29) is 18.2 Å². The molecule has 0 spiro atoms. The highest BCUT2D eigenvalue weighted by Crippen LogP contribution is 2.19. The number of thiol groups is 1. The summed E-state index contributed by atoms with van der Waals surface area (Å²) in [5.74, 6) is -2.95. The monoisotopic (exact) mass is 269 g/mol. The highest BCUT2D eigenvalue weighted by molar-refractivity contribution is 7.85. The molecular formula is C7H11NO6S2. The van der Waals surface area contributed by atoms with Crippen LogP contribution in [0.2, 0.25) is 0 Å². The Hall–Kier alpha value is -0.800. The lowest BCUT2D eigenvalue weighted by Crippen LogP contribution is -2.46. The fourth-order valence-electron chi connectivity index (χ4n) is 1.51. The number of nitrogens with zero attached hydrogens (tertiary/aromatic N) is 1. The van der Waals surface area contributed by atoms with Crippen LogP contribution >= 0.6 is 12.6 Å². The molecule has 7 nitrogen and oxygen atoms in total. The summed E-state index contributed by atoms with van der Waals surface area (Å²) < 4.78 is 29.9. The van der Waals surface area contributed by atoms with Gasteiger partial charge in [-0.2, -0.15) is 21.0 Å². The third-order valence-electron chi connectivity index (χ3n) is 2.17. The van der Waals surface area contributed by atoms with Crippen molar-refractivity contribution in [2.24, 2.45) is 0 Å². The molecule has 2 unspecified atom stereocenters. The lowest BCUT2D eigenvalue weighted by atomic mass is 10.3. The average Bonchev–Trinajstić information content (AvgIpc) is 2.39. The average molecular weight is 269 g/mol. The minimum atomic E-state index is -4.45. The van der Waals surface area contributed by atoms with Gasteiger partial charge in [-0.15, -0.1) is 0 Å². The van der Waals surface area contributed by atoms with Crippen molar-refractivity contribution >= 4 is 34.6 Å². The van der Waals surface area contributed by atoms with E-state index in [1.807, 2.05) is 0 Å². The van der Waals surface area contributed by atoms with Gasteiger partial charge in [-0.1, -0.05) is 0 Å². The Bertz CT molecular complexity index is 405. The highest BCUT2D eigenvalue weighted by atomic mass is 32.2. The van der Waals surface area contributed by atoms with Crippen LogP contribution in [-0.4, -0.2) is 58.4 Å². The van der Waals surface area contributed by atoms with E-state index in [1.165, 1.54) is 0 Å². The first-order valence-corrected chi connectivity index (χ1v) is 6.49. The van der Waals surface area contributed by atoms with E-state index in [9.17, 15) is 18.0 Å². The van der Waals surface area contributed by atoms with E-state index in [2.05, 4.69) is 12.6 Å². The Morgan fingerprint density at radius 1 is 1.62 bits per heavy atom. The summed E-state index contributed by atoms with van der Waals surface area (Å²) >= 11 is 4.02. The maximum absolute atomic E-state index is 11.4. The van der Waals surface area contributed by atoms with Gasteiger partial charge in [-0.05, 0) is 0 Å². The van der Waals surface area contributed by atoms with Gasteiger partial charge in [0.15, 0.2) is 0 Å². The molecule has 1 aliphatic rings. The molecule has 1 aliphatic heterocycles. The second kappa shape index (κ2) is 4.60. The molecule has 9 heteroatoms. The topological polar surface area (TPSA) is 112 Å². The van der Waals surface area contributed by atoms with E-state index in [0.29, 0.717) is 0 Å². The van der Waals surface area contributed by atoms with Crippen LogP contribution in [0.15, 0.2) is 0 Å². The molecule has 16 heavy (non-hydrogen) atoms. The van der Waals surface area contributed by atoms with Gasteiger partial charge in [-0.3, -0.25) is 9.35 Å². The molecule has 92 valence electrons. The van der Waals surface area contributed by atoms with Crippen molar-refractivity contribution in [3.05, 3.63) is 0 Å². The summed E-state index contributed by atoms with van der Waals surface area (Å²) in [7, 11) is -4.45. The summed E-state index contributed by atoms with van der Waals surface area (Å²) in [4.78, 5) is 23.1. The molecule has 1 saturated heterocycles. The van der Waals surface area contributed by atoms with Crippen LogP contribution in [-0.2, 0) is 19.7 Å². The molecule has 0 saturated carbocycles.